The molecule has 0 aliphatic carbocycles. The van der Waals surface area contributed by atoms with E-state index in [4.69, 9.17) is 0 Å². The molecule has 0 aliphatic rings. The first-order valence-electron chi connectivity index (χ1n) is 5.78. The van der Waals surface area contributed by atoms with Crippen LogP contribution < -0.4 is 0 Å². The van der Waals surface area contributed by atoms with E-state index in [9.17, 15) is 9.59 Å². The Morgan fingerprint density at radius 1 is 1.24 bits per heavy atom. The number of nitrogens with zero attached hydrogens (tertiary/aromatic N) is 1. The molecule has 0 radical (unpaired) electrons. The summed E-state index contributed by atoms with van der Waals surface area (Å²) in [6.07, 6.45) is 0.830. The molecular formula is C14H19NO2. The lowest BCUT2D eigenvalue weighted by molar-refractivity contribution is -0.133. The van der Waals surface area contributed by atoms with Crippen molar-refractivity contribution in [2.75, 3.05) is 13.6 Å². The molecule has 0 saturated carbocycles. The van der Waals surface area contributed by atoms with Crippen LogP contribution in [0.15, 0.2) is 24.3 Å². The van der Waals surface area contributed by atoms with Crippen LogP contribution in [-0.4, -0.2) is 30.2 Å². The van der Waals surface area contributed by atoms with E-state index in [1.165, 1.54) is 18.1 Å². The minimum atomic E-state index is -0.105. The molecule has 0 atom stereocenters. The highest BCUT2D eigenvalue weighted by molar-refractivity contribution is 5.96. The molecule has 0 N–H and O–H groups in total. The van der Waals surface area contributed by atoms with E-state index in [1.54, 1.807) is 11.9 Å². The third-order valence-electron chi connectivity index (χ3n) is 2.80. The van der Waals surface area contributed by atoms with Gasteiger partial charge in [0.1, 0.15) is 5.78 Å². The molecule has 1 amide bonds. The van der Waals surface area contributed by atoms with Gasteiger partial charge in [-0.3, -0.25) is 9.59 Å². The summed E-state index contributed by atoms with van der Waals surface area (Å²) in [5.74, 6) is -0.191. The van der Waals surface area contributed by atoms with Crippen LogP contribution in [0.4, 0.5) is 0 Å². The first-order chi connectivity index (χ1) is 8.00. The van der Waals surface area contributed by atoms with E-state index in [-0.39, 0.29) is 18.1 Å². The molecule has 0 saturated heterocycles. The molecule has 1 rings (SSSR count). The van der Waals surface area contributed by atoms with E-state index in [0.29, 0.717) is 6.54 Å². The lowest BCUT2D eigenvalue weighted by Gasteiger charge is -2.17. The van der Waals surface area contributed by atoms with Gasteiger partial charge < -0.3 is 4.90 Å². The Morgan fingerprint density at radius 2 is 1.88 bits per heavy atom. The van der Waals surface area contributed by atoms with Crippen LogP contribution in [0, 0.1) is 6.92 Å². The van der Waals surface area contributed by atoms with Crippen LogP contribution in [-0.2, 0) is 16.0 Å². The molecule has 0 unspecified atom stereocenters. The number of Topliss-reactive ketones (excluding diaryl/α,β-unsaturated/α-hetero) is 1. The van der Waals surface area contributed by atoms with Crippen LogP contribution in [0.25, 0.3) is 0 Å². The summed E-state index contributed by atoms with van der Waals surface area (Å²) in [4.78, 5) is 24.0. The second kappa shape index (κ2) is 6.18. The number of ketones is 1. The number of carbonyl (C=O) groups excluding carboxylic acids is 2. The maximum Gasteiger partial charge on any atom is 0.229 e. The molecular weight excluding hydrogens is 214 g/mol. The van der Waals surface area contributed by atoms with Crippen LogP contribution >= 0.6 is 0 Å². The zero-order valence-corrected chi connectivity index (χ0v) is 10.7. The van der Waals surface area contributed by atoms with Gasteiger partial charge >= 0.3 is 0 Å². The van der Waals surface area contributed by atoms with E-state index < -0.39 is 0 Å². The summed E-state index contributed by atoms with van der Waals surface area (Å²) in [5.41, 5.74) is 2.48. The highest BCUT2D eigenvalue weighted by Gasteiger charge is 2.11. The van der Waals surface area contributed by atoms with Gasteiger partial charge in [0.05, 0.1) is 6.42 Å². The molecule has 1 aromatic rings. The maximum absolute atomic E-state index is 11.6. The van der Waals surface area contributed by atoms with Gasteiger partial charge in [-0.25, -0.2) is 0 Å². The zero-order valence-electron chi connectivity index (χ0n) is 10.7. The van der Waals surface area contributed by atoms with Crippen LogP contribution in [0.3, 0.4) is 0 Å². The van der Waals surface area contributed by atoms with Crippen molar-refractivity contribution in [2.45, 2.75) is 26.7 Å². The first kappa shape index (κ1) is 13.4. The van der Waals surface area contributed by atoms with Crippen LogP contribution in [0.2, 0.25) is 0 Å². The summed E-state index contributed by atoms with van der Waals surface area (Å²) in [6, 6.07) is 8.13. The predicted molar refractivity (Wildman–Crippen MR) is 67.8 cm³/mol. The Bertz CT molecular complexity index is 412. The Labute approximate surface area is 102 Å². The van der Waals surface area contributed by atoms with Crippen molar-refractivity contribution >= 4 is 11.7 Å². The number of likely N-dealkylation sites (N-methyl/N-ethyl adjacent to an activating group) is 1. The number of aryl methyl sites for hydroxylation is 1. The van der Waals surface area contributed by atoms with Crippen LogP contribution in [0.5, 0.6) is 0 Å². The molecule has 3 nitrogen and oxygen atoms in total. The largest absolute Gasteiger partial charge is 0.345 e. The zero-order chi connectivity index (χ0) is 12.8. The van der Waals surface area contributed by atoms with Crippen molar-refractivity contribution in [1.82, 2.24) is 4.90 Å². The van der Waals surface area contributed by atoms with Gasteiger partial charge in [-0.15, -0.1) is 0 Å². The van der Waals surface area contributed by atoms with Crippen LogP contribution in [0.1, 0.15) is 24.5 Å². The van der Waals surface area contributed by atoms with E-state index in [2.05, 4.69) is 19.1 Å². The van der Waals surface area contributed by atoms with E-state index in [1.807, 2.05) is 12.1 Å². The second-order valence-electron chi connectivity index (χ2n) is 4.37. The maximum atomic E-state index is 11.6. The van der Waals surface area contributed by atoms with Gasteiger partial charge in [0, 0.05) is 13.6 Å². The molecule has 0 fully saturated rings. The Morgan fingerprint density at radius 3 is 2.47 bits per heavy atom. The number of amides is 1. The summed E-state index contributed by atoms with van der Waals surface area (Å²) >= 11 is 0. The molecule has 0 heterocycles. The van der Waals surface area contributed by atoms with Crippen molar-refractivity contribution in [3.8, 4) is 0 Å². The van der Waals surface area contributed by atoms with Gasteiger partial charge in [0.25, 0.3) is 0 Å². The summed E-state index contributed by atoms with van der Waals surface area (Å²) in [7, 11) is 1.74. The van der Waals surface area contributed by atoms with E-state index in [0.717, 1.165) is 6.42 Å². The molecule has 92 valence electrons. The number of rotatable bonds is 5. The van der Waals surface area contributed by atoms with Gasteiger partial charge in [0.2, 0.25) is 5.91 Å². The average Bonchev–Trinajstić information content (AvgIpc) is 2.26. The quantitative estimate of drug-likeness (QED) is 0.729. The third kappa shape index (κ3) is 4.39. The van der Waals surface area contributed by atoms with Gasteiger partial charge in [-0.1, -0.05) is 24.3 Å². The fourth-order valence-corrected chi connectivity index (χ4v) is 1.65. The first-order valence-corrected chi connectivity index (χ1v) is 5.78. The Balaban J connectivity index is 2.48. The fourth-order valence-electron chi connectivity index (χ4n) is 1.65. The highest BCUT2D eigenvalue weighted by atomic mass is 16.2. The average molecular weight is 233 g/mol. The van der Waals surface area contributed by atoms with Crippen molar-refractivity contribution in [3.63, 3.8) is 0 Å². The number of hydrogen-bond donors (Lipinski definition) is 0. The van der Waals surface area contributed by atoms with Gasteiger partial charge in [-0.2, -0.15) is 0 Å². The SMILES string of the molecule is CC(=O)CC(=O)N(C)CCc1ccccc1C. The number of benzene rings is 1. The normalized spacial score (nSPS) is 10.1. The molecule has 17 heavy (non-hydrogen) atoms. The Kier molecular flexibility index (Phi) is 4.88. The smallest absolute Gasteiger partial charge is 0.229 e. The van der Waals surface area contributed by atoms with Crippen molar-refractivity contribution < 1.29 is 9.59 Å². The molecule has 0 spiro atoms. The van der Waals surface area contributed by atoms with E-state index >= 15 is 0 Å². The predicted octanol–water partition coefficient (Wildman–Crippen LogP) is 1.98. The summed E-state index contributed by atoms with van der Waals surface area (Å²) in [6.45, 7) is 4.15. The lowest BCUT2D eigenvalue weighted by Crippen LogP contribution is -2.30. The van der Waals surface area contributed by atoms with Crippen molar-refractivity contribution in [3.05, 3.63) is 35.4 Å². The molecule has 1 aromatic carbocycles. The number of hydrogen-bond acceptors (Lipinski definition) is 2. The van der Waals surface area contributed by atoms with Gasteiger partial charge in [0.15, 0.2) is 0 Å². The minimum absolute atomic E-state index is 0.00424. The minimum Gasteiger partial charge on any atom is -0.345 e. The summed E-state index contributed by atoms with van der Waals surface area (Å²) in [5, 5.41) is 0. The summed E-state index contributed by atoms with van der Waals surface area (Å²) < 4.78 is 0. The van der Waals surface area contributed by atoms with Crippen molar-refractivity contribution in [2.24, 2.45) is 0 Å². The molecule has 3 heteroatoms. The highest BCUT2D eigenvalue weighted by Crippen LogP contribution is 2.08. The molecule has 0 bridgehead atoms. The lowest BCUT2D eigenvalue weighted by atomic mass is 10.1. The topological polar surface area (TPSA) is 37.4 Å². The fraction of sp³-hybridized carbons (Fsp3) is 0.429. The van der Waals surface area contributed by atoms with Gasteiger partial charge in [-0.05, 0) is 31.4 Å². The molecule has 0 aromatic heterocycles. The third-order valence-corrected chi connectivity index (χ3v) is 2.80. The number of carbonyl (C=O) groups is 2. The molecule has 0 aliphatic heterocycles. The van der Waals surface area contributed by atoms with Crippen molar-refractivity contribution in [1.29, 1.82) is 0 Å². The Hall–Kier alpha value is -1.64. The standard InChI is InChI=1S/C14H19NO2/c1-11-6-4-5-7-13(11)8-9-15(3)14(17)10-12(2)16/h4-7H,8-10H2,1-3H3. The second-order valence-corrected chi connectivity index (χ2v) is 4.37. The monoisotopic (exact) mass is 233 g/mol.